The van der Waals surface area contributed by atoms with Crippen molar-refractivity contribution in [1.82, 2.24) is 20.4 Å². The summed E-state index contributed by atoms with van der Waals surface area (Å²) in [5.41, 5.74) is 2.08. The lowest BCUT2D eigenvalue weighted by molar-refractivity contribution is 0.0492. The largest absolute Gasteiger partial charge is 0.444 e. The Balaban J connectivity index is 1.37. The summed E-state index contributed by atoms with van der Waals surface area (Å²) in [6.07, 6.45) is 8.23. The Kier molecular flexibility index (Phi) is 6.60. The Morgan fingerprint density at radius 1 is 1.19 bits per heavy atom. The lowest BCUT2D eigenvalue weighted by atomic mass is 9.91. The summed E-state index contributed by atoms with van der Waals surface area (Å²) in [5, 5.41) is 11.0. The quantitative estimate of drug-likeness (QED) is 0.602. The van der Waals surface area contributed by atoms with Gasteiger partial charge in [-0.15, -0.1) is 0 Å². The summed E-state index contributed by atoms with van der Waals surface area (Å²) in [7, 11) is 0. The second-order valence-corrected chi connectivity index (χ2v) is 10.4. The van der Waals surface area contributed by atoms with Gasteiger partial charge >= 0.3 is 6.09 Å². The Hall–Kier alpha value is -2.35. The number of carbonyl (C=O) groups excluding carboxylic acids is 1. The van der Waals surface area contributed by atoms with Crippen molar-refractivity contribution in [3.63, 3.8) is 0 Å². The molecule has 0 unspecified atom stereocenters. The minimum atomic E-state index is -0.493. The van der Waals surface area contributed by atoms with Crippen LogP contribution in [0.4, 0.5) is 10.7 Å². The third-order valence-electron chi connectivity index (χ3n) is 5.91. The maximum Gasteiger partial charge on any atom is 0.407 e. The molecule has 1 amide bonds. The highest BCUT2D eigenvalue weighted by Crippen LogP contribution is 2.38. The van der Waals surface area contributed by atoms with E-state index in [0.717, 1.165) is 43.4 Å². The van der Waals surface area contributed by atoms with Crippen LogP contribution in [0.25, 0.3) is 11.5 Å². The summed E-state index contributed by atoms with van der Waals surface area (Å²) >= 11 is 6.43. The predicted molar refractivity (Wildman–Crippen MR) is 123 cm³/mol. The molecule has 2 aliphatic rings. The van der Waals surface area contributed by atoms with Gasteiger partial charge in [-0.2, -0.15) is 0 Å². The van der Waals surface area contributed by atoms with Crippen molar-refractivity contribution in [2.75, 3.05) is 5.32 Å². The predicted octanol–water partition coefficient (Wildman–Crippen LogP) is 5.29. The van der Waals surface area contributed by atoms with Crippen LogP contribution in [0.15, 0.2) is 10.7 Å². The fraction of sp³-hybridized carbons (Fsp3) is 0.652. The highest BCUT2D eigenvalue weighted by Gasteiger charge is 2.29. The molecule has 174 valence electrons. The number of aromatic nitrogens is 3. The number of anilines is 1. The Morgan fingerprint density at radius 2 is 1.88 bits per heavy atom. The highest BCUT2D eigenvalue weighted by molar-refractivity contribution is 6.32. The normalized spacial score (nSPS) is 21.3. The maximum atomic E-state index is 12.0. The minimum Gasteiger partial charge on any atom is -0.444 e. The molecule has 4 rings (SSSR count). The van der Waals surface area contributed by atoms with Crippen LogP contribution >= 0.6 is 11.6 Å². The van der Waals surface area contributed by atoms with E-state index in [4.69, 9.17) is 20.9 Å². The first-order valence-corrected chi connectivity index (χ1v) is 11.8. The van der Waals surface area contributed by atoms with E-state index in [9.17, 15) is 4.79 Å². The van der Waals surface area contributed by atoms with E-state index in [2.05, 4.69) is 25.8 Å². The van der Waals surface area contributed by atoms with E-state index in [1.807, 2.05) is 27.7 Å². The molecule has 32 heavy (non-hydrogen) atoms. The molecule has 2 aromatic rings. The molecule has 2 aromatic heterocycles. The standard InChI is InChI=1S/C23H32ClN5O3/c1-13-17(11-14-5-6-14)20(32-29-13)19-18(24)12-25-21(28-19)26-15-7-9-16(10-8-15)27-22(30)31-23(2,3)4/h12,14-16H,5-11H2,1-4H3,(H,27,30)(H,25,26,28). The van der Waals surface area contributed by atoms with Gasteiger partial charge < -0.3 is 19.9 Å². The molecule has 0 atom stereocenters. The van der Waals surface area contributed by atoms with Gasteiger partial charge in [-0.1, -0.05) is 16.8 Å². The Labute approximate surface area is 193 Å². The number of amides is 1. The number of nitrogens with one attached hydrogen (secondary N) is 2. The molecule has 9 heteroatoms. The van der Waals surface area contributed by atoms with Crippen molar-refractivity contribution in [3.8, 4) is 11.5 Å². The van der Waals surface area contributed by atoms with E-state index < -0.39 is 5.60 Å². The van der Waals surface area contributed by atoms with E-state index in [-0.39, 0.29) is 18.2 Å². The fourth-order valence-electron chi connectivity index (χ4n) is 4.06. The molecule has 0 saturated heterocycles. The van der Waals surface area contributed by atoms with Crippen LogP contribution in [-0.2, 0) is 11.2 Å². The van der Waals surface area contributed by atoms with Gasteiger partial charge in [0.25, 0.3) is 0 Å². The van der Waals surface area contributed by atoms with Gasteiger partial charge in [-0.25, -0.2) is 14.8 Å². The average Bonchev–Trinajstić information content (AvgIpc) is 3.46. The summed E-state index contributed by atoms with van der Waals surface area (Å²) in [4.78, 5) is 21.0. The van der Waals surface area contributed by atoms with E-state index in [1.165, 1.54) is 12.8 Å². The number of hydrogen-bond donors (Lipinski definition) is 2. The molecule has 0 radical (unpaired) electrons. The zero-order valence-electron chi connectivity index (χ0n) is 19.2. The van der Waals surface area contributed by atoms with Crippen molar-refractivity contribution in [3.05, 3.63) is 22.5 Å². The van der Waals surface area contributed by atoms with Crippen LogP contribution in [0.1, 0.15) is 70.6 Å². The third kappa shape index (κ3) is 5.91. The van der Waals surface area contributed by atoms with Crippen LogP contribution in [0.3, 0.4) is 0 Å². The van der Waals surface area contributed by atoms with Crippen molar-refractivity contribution >= 4 is 23.6 Å². The van der Waals surface area contributed by atoms with Gasteiger partial charge in [0, 0.05) is 17.6 Å². The molecule has 2 fully saturated rings. The molecule has 2 saturated carbocycles. The average molecular weight is 462 g/mol. The number of aryl methyl sites for hydroxylation is 1. The van der Waals surface area contributed by atoms with Gasteiger partial charge in [0.2, 0.25) is 5.95 Å². The van der Waals surface area contributed by atoms with Crippen LogP contribution in [0, 0.1) is 12.8 Å². The molecular formula is C23H32ClN5O3. The van der Waals surface area contributed by atoms with Crippen molar-refractivity contribution in [1.29, 1.82) is 0 Å². The zero-order valence-corrected chi connectivity index (χ0v) is 20.0. The molecule has 2 heterocycles. The van der Waals surface area contributed by atoms with Crippen LogP contribution < -0.4 is 10.6 Å². The summed E-state index contributed by atoms with van der Waals surface area (Å²) < 4.78 is 11.0. The van der Waals surface area contributed by atoms with Gasteiger partial charge in [0.15, 0.2) is 5.76 Å². The van der Waals surface area contributed by atoms with Gasteiger partial charge in [0.05, 0.1) is 16.9 Å². The lowest BCUT2D eigenvalue weighted by Gasteiger charge is -2.30. The second-order valence-electron chi connectivity index (χ2n) is 9.95. The Morgan fingerprint density at radius 3 is 2.53 bits per heavy atom. The van der Waals surface area contributed by atoms with Crippen molar-refractivity contribution < 1.29 is 14.1 Å². The second kappa shape index (κ2) is 9.25. The number of rotatable bonds is 6. The van der Waals surface area contributed by atoms with Crippen molar-refractivity contribution in [2.45, 2.75) is 90.3 Å². The molecule has 0 spiro atoms. The van der Waals surface area contributed by atoms with E-state index in [1.54, 1.807) is 6.20 Å². The summed E-state index contributed by atoms with van der Waals surface area (Å²) in [6, 6.07) is 0.342. The fourth-order valence-corrected chi connectivity index (χ4v) is 4.24. The third-order valence-corrected chi connectivity index (χ3v) is 6.19. The smallest absolute Gasteiger partial charge is 0.407 e. The minimum absolute atomic E-state index is 0.117. The van der Waals surface area contributed by atoms with Crippen LogP contribution in [0.2, 0.25) is 5.02 Å². The van der Waals surface area contributed by atoms with Crippen LogP contribution in [0.5, 0.6) is 0 Å². The van der Waals surface area contributed by atoms with Gasteiger partial charge in [-0.05, 0) is 78.6 Å². The molecule has 8 nitrogen and oxygen atoms in total. The first-order chi connectivity index (χ1) is 15.2. The number of ether oxygens (including phenoxy) is 1. The van der Waals surface area contributed by atoms with E-state index >= 15 is 0 Å². The van der Waals surface area contributed by atoms with Crippen molar-refractivity contribution in [2.24, 2.45) is 5.92 Å². The molecule has 0 aromatic carbocycles. The molecule has 0 aliphatic heterocycles. The summed E-state index contributed by atoms with van der Waals surface area (Å²) in [6.45, 7) is 7.55. The number of nitrogens with zero attached hydrogens (tertiary/aromatic N) is 3. The SMILES string of the molecule is Cc1noc(-c2nc(NC3CCC(NC(=O)OC(C)(C)C)CC3)ncc2Cl)c1CC1CC1. The van der Waals surface area contributed by atoms with Crippen LogP contribution in [-0.4, -0.2) is 38.9 Å². The Bertz CT molecular complexity index is 959. The lowest BCUT2D eigenvalue weighted by Crippen LogP contribution is -2.42. The molecular weight excluding hydrogens is 430 g/mol. The van der Waals surface area contributed by atoms with Gasteiger partial charge in [0.1, 0.15) is 11.3 Å². The number of carbonyl (C=O) groups is 1. The molecule has 2 aliphatic carbocycles. The number of hydrogen-bond acceptors (Lipinski definition) is 7. The maximum absolute atomic E-state index is 12.0. The topological polar surface area (TPSA) is 102 Å². The highest BCUT2D eigenvalue weighted by atomic mass is 35.5. The van der Waals surface area contributed by atoms with Gasteiger partial charge in [-0.3, -0.25) is 0 Å². The first kappa shape index (κ1) is 22.8. The number of halogens is 1. The summed E-state index contributed by atoms with van der Waals surface area (Å²) in [5.74, 6) is 1.88. The first-order valence-electron chi connectivity index (χ1n) is 11.4. The van der Waals surface area contributed by atoms with E-state index in [0.29, 0.717) is 28.3 Å². The molecule has 0 bridgehead atoms. The number of alkyl carbamates (subject to hydrolysis) is 1. The zero-order chi connectivity index (χ0) is 22.9. The molecule has 2 N–H and O–H groups in total. The monoisotopic (exact) mass is 461 g/mol.